The number of pyridine rings is 1. The van der Waals surface area contributed by atoms with Crippen molar-refractivity contribution >= 4 is 17.9 Å². The van der Waals surface area contributed by atoms with Crippen LogP contribution in [-0.2, 0) is 6.54 Å². The van der Waals surface area contributed by atoms with E-state index in [0.717, 1.165) is 16.7 Å². The highest BCUT2D eigenvalue weighted by Crippen LogP contribution is 2.37. The number of nitrogens with zero attached hydrogens (tertiary/aromatic N) is 3. The minimum absolute atomic E-state index is 0. The molecule has 0 atom stereocenters. The molecule has 1 aliphatic rings. The van der Waals surface area contributed by atoms with E-state index in [4.69, 9.17) is 9.98 Å². The quantitative estimate of drug-likeness (QED) is 0.714. The van der Waals surface area contributed by atoms with Crippen molar-refractivity contribution < 1.29 is 0 Å². The molecule has 1 aliphatic carbocycles. The van der Waals surface area contributed by atoms with Crippen molar-refractivity contribution in [3.05, 3.63) is 77.2 Å². The molecule has 0 aliphatic heterocycles. The van der Waals surface area contributed by atoms with Gasteiger partial charge in [-0.1, -0.05) is 36.4 Å². The summed E-state index contributed by atoms with van der Waals surface area (Å²) < 4.78 is 2.19. The first-order valence-electron chi connectivity index (χ1n) is 7.84. The number of aryl methyl sites for hydroxylation is 1. The second-order valence-corrected chi connectivity index (χ2v) is 5.99. The van der Waals surface area contributed by atoms with E-state index in [9.17, 15) is 0 Å². The average molecular weight is 326 g/mol. The van der Waals surface area contributed by atoms with Crippen molar-refractivity contribution in [2.75, 3.05) is 0 Å². The van der Waals surface area contributed by atoms with Crippen LogP contribution in [0.4, 0.5) is 0 Å². The van der Waals surface area contributed by atoms with Crippen LogP contribution in [0.2, 0.25) is 0 Å². The van der Waals surface area contributed by atoms with Gasteiger partial charge in [-0.15, -0.1) is 12.4 Å². The molecule has 2 heterocycles. The molecule has 4 heteroatoms. The number of fused-ring (bicyclic) bond motifs is 1. The molecule has 0 amide bonds. The maximum absolute atomic E-state index is 4.91. The zero-order valence-electron chi connectivity index (χ0n) is 13.1. The Morgan fingerprint density at radius 1 is 1.13 bits per heavy atom. The molecule has 3 nitrogen and oxygen atoms in total. The largest absolute Gasteiger partial charge is 0.299 e. The lowest BCUT2D eigenvalue weighted by molar-refractivity contribution is 0.848. The van der Waals surface area contributed by atoms with Crippen molar-refractivity contribution in [1.82, 2.24) is 9.38 Å². The Hall–Kier alpha value is -2.13. The highest BCUT2D eigenvalue weighted by Gasteiger charge is 2.27. The van der Waals surface area contributed by atoms with Crippen LogP contribution < -0.4 is 5.49 Å². The van der Waals surface area contributed by atoms with E-state index in [-0.39, 0.29) is 12.4 Å². The summed E-state index contributed by atoms with van der Waals surface area (Å²) in [5.74, 6) is 0.590. The number of benzene rings is 1. The monoisotopic (exact) mass is 325 g/mol. The zero-order chi connectivity index (χ0) is 14.9. The molecule has 0 radical (unpaired) electrons. The highest BCUT2D eigenvalue weighted by atomic mass is 35.5. The molecule has 3 aromatic rings. The first kappa shape index (κ1) is 15.8. The fourth-order valence-corrected chi connectivity index (χ4v) is 2.84. The van der Waals surface area contributed by atoms with Gasteiger partial charge < -0.3 is 0 Å². The second kappa shape index (κ2) is 6.55. The molecule has 1 saturated carbocycles. The van der Waals surface area contributed by atoms with E-state index < -0.39 is 0 Å². The normalized spacial score (nSPS) is 14.7. The molecule has 4 rings (SSSR count). The van der Waals surface area contributed by atoms with Gasteiger partial charge in [0.1, 0.15) is 0 Å². The summed E-state index contributed by atoms with van der Waals surface area (Å²) in [4.78, 5) is 9.63. The molecule has 0 saturated heterocycles. The lowest BCUT2D eigenvalue weighted by atomic mass is 10.2. The Labute approximate surface area is 142 Å². The minimum atomic E-state index is 0. The summed E-state index contributed by atoms with van der Waals surface area (Å²) in [5, 5.41) is 0. The van der Waals surface area contributed by atoms with Crippen LogP contribution in [0.3, 0.4) is 0 Å². The highest BCUT2D eigenvalue weighted by molar-refractivity contribution is 5.85. The summed E-state index contributed by atoms with van der Waals surface area (Å²) in [5.41, 5.74) is 5.77. The van der Waals surface area contributed by atoms with Crippen molar-refractivity contribution in [3.63, 3.8) is 0 Å². The summed E-state index contributed by atoms with van der Waals surface area (Å²) in [6.45, 7) is 2.82. The average Bonchev–Trinajstić information content (AvgIpc) is 3.39. The maximum Gasteiger partial charge on any atom is 0.154 e. The predicted octanol–water partition coefficient (Wildman–Crippen LogP) is 4.04. The molecule has 2 aromatic heterocycles. The van der Waals surface area contributed by atoms with Crippen molar-refractivity contribution in [3.8, 4) is 0 Å². The van der Waals surface area contributed by atoms with Gasteiger partial charge in [0.25, 0.3) is 0 Å². The zero-order valence-corrected chi connectivity index (χ0v) is 14.0. The Bertz CT molecular complexity index is 880. The van der Waals surface area contributed by atoms with E-state index in [0.29, 0.717) is 12.5 Å². The fraction of sp³-hybridized carbons (Fsp3) is 0.263. The summed E-state index contributed by atoms with van der Waals surface area (Å²) >= 11 is 0. The second-order valence-electron chi connectivity index (χ2n) is 5.99. The van der Waals surface area contributed by atoms with Crippen LogP contribution in [0.5, 0.6) is 0 Å². The van der Waals surface area contributed by atoms with Gasteiger partial charge in [0, 0.05) is 12.1 Å². The maximum atomic E-state index is 4.91. The van der Waals surface area contributed by atoms with Gasteiger partial charge in [-0.3, -0.25) is 14.4 Å². The van der Waals surface area contributed by atoms with E-state index >= 15 is 0 Å². The van der Waals surface area contributed by atoms with Crippen molar-refractivity contribution in [2.24, 2.45) is 4.99 Å². The first-order chi connectivity index (χ1) is 10.8. The lowest BCUT2D eigenvalue weighted by Gasteiger charge is -2.08. The Morgan fingerprint density at radius 2 is 1.91 bits per heavy atom. The number of hydrogen-bond donors (Lipinski definition) is 0. The van der Waals surface area contributed by atoms with E-state index in [1.54, 1.807) is 0 Å². The van der Waals surface area contributed by atoms with Crippen LogP contribution in [0.15, 0.2) is 59.9 Å². The molecule has 0 unspecified atom stereocenters. The van der Waals surface area contributed by atoms with E-state index in [1.807, 2.05) is 12.3 Å². The summed E-state index contributed by atoms with van der Waals surface area (Å²) in [7, 11) is 0. The Morgan fingerprint density at radius 3 is 2.65 bits per heavy atom. The van der Waals surface area contributed by atoms with Crippen molar-refractivity contribution in [1.29, 1.82) is 0 Å². The Kier molecular flexibility index (Phi) is 4.49. The molecule has 0 bridgehead atoms. The van der Waals surface area contributed by atoms with Gasteiger partial charge in [0.05, 0.1) is 24.0 Å². The van der Waals surface area contributed by atoms with Gasteiger partial charge in [-0.05, 0) is 37.0 Å². The van der Waals surface area contributed by atoms with Gasteiger partial charge in [0.2, 0.25) is 0 Å². The van der Waals surface area contributed by atoms with Gasteiger partial charge in [-0.2, -0.15) is 0 Å². The SMILES string of the molecule is Cc1cccn2c(=NCc3ccccc3)c(C3CC3)ncc12.Cl. The standard InChI is InChI=1S/C19H19N3.ClH/c1-14-6-5-11-22-17(14)13-20-18(16-9-10-16)19(22)21-12-15-7-3-2-4-8-15;/h2-8,11,13,16H,9-10,12H2,1H3;1H. The van der Waals surface area contributed by atoms with Gasteiger partial charge in [-0.25, -0.2) is 0 Å². The number of halogens is 1. The molecule has 1 aromatic carbocycles. The first-order valence-corrected chi connectivity index (χ1v) is 7.84. The number of rotatable bonds is 3. The fourth-order valence-electron chi connectivity index (χ4n) is 2.84. The molecular weight excluding hydrogens is 306 g/mol. The minimum Gasteiger partial charge on any atom is -0.299 e. The molecule has 23 heavy (non-hydrogen) atoms. The summed E-state index contributed by atoms with van der Waals surface area (Å²) in [6.07, 6.45) is 6.56. The number of aromatic nitrogens is 2. The van der Waals surface area contributed by atoms with Crippen LogP contribution in [-0.4, -0.2) is 9.38 Å². The van der Waals surface area contributed by atoms with Crippen molar-refractivity contribution in [2.45, 2.75) is 32.2 Å². The molecule has 0 spiro atoms. The third-order valence-corrected chi connectivity index (χ3v) is 4.25. The van der Waals surface area contributed by atoms with Crippen LogP contribution in [0, 0.1) is 6.92 Å². The van der Waals surface area contributed by atoms with E-state index in [2.05, 4.69) is 53.9 Å². The predicted molar refractivity (Wildman–Crippen MR) is 94.9 cm³/mol. The number of hydrogen-bond acceptors (Lipinski definition) is 2. The van der Waals surface area contributed by atoms with Crippen LogP contribution in [0.1, 0.15) is 35.6 Å². The molecule has 0 N–H and O–H groups in total. The van der Waals surface area contributed by atoms with Crippen LogP contribution in [0.25, 0.3) is 5.52 Å². The topological polar surface area (TPSA) is 29.7 Å². The molecule has 118 valence electrons. The third kappa shape index (κ3) is 3.15. The third-order valence-electron chi connectivity index (χ3n) is 4.25. The van der Waals surface area contributed by atoms with Gasteiger partial charge in [0.15, 0.2) is 5.49 Å². The van der Waals surface area contributed by atoms with Gasteiger partial charge >= 0.3 is 0 Å². The molecular formula is C19H20ClN3. The smallest absolute Gasteiger partial charge is 0.154 e. The lowest BCUT2D eigenvalue weighted by Crippen LogP contribution is -2.22. The summed E-state index contributed by atoms with van der Waals surface area (Å²) in [6, 6.07) is 14.6. The Balaban J connectivity index is 0.00000156. The van der Waals surface area contributed by atoms with Crippen LogP contribution >= 0.6 is 12.4 Å². The molecule has 1 fully saturated rings. The van der Waals surface area contributed by atoms with E-state index in [1.165, 1.54) is 24.0 Å².